The Morgan fingerprint density at radius 2 is 2.07 bits per heavy atom. The third kappa shape index (κ3) is 4.25. The highest BCUT2D eigenvalue weighted by Gasteiger charge is 2.19. The molecule has 0 aromatic heterocycles. The van der Waals surface area contributed by atoms with Crippen molar-refractivity contribution in [2.24, 2.45) is 10.9 Å². The van der Waals surface area contributed by atoms with E-state index in [9.17, 15) is 4.79 Å². The Hall–Kier alpha value is -1.06. The smallest absolute Gasteiger partial charge is 0.306 e. The van der Waals surface area contributed by atoms with Crippen LogP contribution in [0.2, 0.25) is 0 Å². The molecule has 0 amide bonds. The predicted molar refractivity (Wildman–Crippen MR) is 55.6 cm³/mol. The summed E-state index contributed by atoms with van der Waals surface area (Å²) in [5.74, 6) is -0.631. The van der Waals surface area contributed by atoms with Crippen molar-refractivity contribution in [1.82, 2.24) is 5.32 Å². The maximum Gasteiger partial charge on any atom is 0.306 e. The monoisotopic (exact) mass is 198 g/mol. The van der Waals surface area contributed by atoms with Gasteiger partial charge in [-0.15, -0.1) is 0 Å². The summed E-state index contributed by atoms with van der Waals surface area (Å²) in [5, 5.41) is 11.5. The molecule has 0 aromatic rings. The van der Waals surface area contributed by atoms with E-state index in [0.717, 1.165) is 38.8 Å². The molecule has 0 atom stereocenters. The molecule has 4 heteroatoms. The third-order valence-electron chi connectivity index (χ3n) is 2.52. The second-order valence-corrected chi connectivity index (χ2v) is 3.66. The Morgan fingerprint density at radius 1 is 1.36 bits per heavy atom. The van der Waals surface area contributed by atoms with E-state index in [1.54, 1.807) is 6.34 Å². The zero-order chi connectivity index (χ0) is 10.2. The lowest BCUT2D eigenvalue weighted by Crippen LogP contribution is -2.16. The largest absolute Gasteiger partial charge is 0.481 e. The minimum atomic E-state index is -0.602. The summed E-state index contributed by atoms with van der Waals surface area (Å²) < 4.78 is 0. The quantitative estimate of drug-likeness (QED) is 0.667. The van der Waals surface area contributed by atoms with Crippen LogP contribution < -0.4 is 5.32 Å². The number of carboxylic acid groups (broad SMARTS) is 1. The molecule has 1 aliphatic carbocycles. The van der Waals surface area contributed by atoms with E-state index in [1.165, 1.54) is 6.42 Å². The van der Waals surface area contributed by atoms with Crippen LogP contribution in [0.25, 0.3) is 0 Å². The fraction of sp³-hybridized carbons (Fsp3) is 0.800. The Morgan fingerprint density at radius 3 is 2.36 bits per heavy atom. The van der Waals surface area contributed by atoms with Gasteiger partial charge >= 0.3 is 5.97 Å². The molecule has 0 bridgehead atoms. The van der Waals surface area contributed by atoms with E-state index in [2.05, 4.69) is 10.3 Å². The van der Waals surface area contributed by atoms with Gasteiger partial charge in [-0.05, 0) is 12.8 Å². The average molecular weight is 198 g/mol. The number of carboxylic acids is 1. The summed E-state index contributed by atoms with van der Waals surface area (Å²) in [6, 6.07) is 0. The Kier molecular flexibility index (Phi) is 5.04. The standard InChI is InChI=1S/C7H12O2.C3H6N2/c8-7(9)6-4-2-1-3-5-6;1-2-5-3-4-1/h6H,1-5H2,(H,8,9);3H,1-2H2,(H,4,5). The van der Waals surface area contributed by atoms with Gasteiger partial charge in [0.15, 0.2) is 0 Å². The van der Waals surface area contributed by atoms with Crippen molar-refractivity contribution in [3.63, 3.8) is 0 Å². The molecule has 0 aromatic carbocycles. The van der Waals surface area contributed by atoms with Gasteiger partial charge in [0.1, 0.15) is 0 Å². The van der Waals surface area contributed by atoms with Gasteiger partial charge in [-0.1, -0.05) is 19.3 Å². The van der Waals surface area contributed by atoms with Gasteiger partial charge in [-0.2, -0.15) is 0 Å². The number of nitrogens with zero attached hydrogens (tertiary/aromatic N) is 1. The molecule has 0 spiro atoms. The summed E-state index contributed by atoms with van der Waals surface area (Å²) in [5.41, 5.74) is 0. The highest BCUT2D eigenvalue weighted by molar-refractivity contribution is 5.69. The second-order valence-electron chi connectivity index (χ2n) is 3.66. The molecule has 14 heavy (non-hydrogen) atoms. The predicted octanol–water partition coefficient (Wildman–Crippen LogP) is 1.27. The molecule has 1 fully saturated rings. The second kappa shape index (κ2) is 6.40. The fourth-order valence-electron chi connectivity index (χ4n) is 1.67. The van der Waals surface area contributed by atoms with Crippen molar-refractivity contribution >= 4 is 12.3 Å². The minimum absolute atomic E-state index is 0.0289. The lowest BCUT2D eigenvalue weighted by molar-refractivity contribution is -0.142. The number of carbonyl (C=O) groups is 1. The van der Waals surface area contributed by atoms with Gasteiger partial charge in [0.2, 0.25) is 0 Å². The van der Waals surface area contributed by atoms with Crippen molar-refractivity contribution in [2.75, 3.05) is 13.1 Å². The Balaban J connectivity index is 0.000000165. The number of nitrogens with one attached hydrogen (secondary N) is 1. The van der Waals surface area contributed by atoms with Crippen molar-refractivity contribution in [3.8, 4) is 0 Å². The van der Waals surface area contributed by atoms with Crippen LogP contribution in [0.5, 0.6) is 0 Å². The summed E-state index contributed by atoms with van der Waals surface area (Å²) in [6.07, 6.45) is 6.97. The molecule has 2 aliphatic rings. The first-order valence-electron chi connectivity index (χ1n) is 5.25. The summed E-state index contributed by atoms with van der Waals surface area (Å²) in [7, 11) is 0. The van der Waals surface area contributed by atoms with E-state index >= 15 is 0 Å². The lowest BCUT2D eigenvalue weighted by atomic mass is 9.90. The van der Waals surface area contributed by atoms with Crippen LogP contribution in [0, 0.1) is 5.92 Å². The van der Waals surface area contributed by atoms with Crippen molar-refractivity contribution in [1.29, 1.82) is 0 Å². The van der Waals surface area contributed by atoms with Gasteiger partial charge in [0.25, 0.3) is 0 Å². The van der Waals surface area contributed by atoms with E-state index in [1.807, 2.05) is 0 Å². The normalized spacial score (nSPS) is 20.9. The molecule has 80 valence electrons. The SMILES string of the molecule is C1=NCCN1.O=C(O)C1CCCCC1. The number of rotatable bonds is 1. The molecule has 2 N–H and O–H groups in total. The summed E-state index contributed by atoms with van der Waals surface area (Å²) >= 11 is 0. The summed E-state index contributed by atoms with van der Waals surface area (Å²) in [4.78, 5) is 14.2. The van der Waals surface area contributed by atoms with E-state index in [-0.39, 0.29) is 5.92 Å². The van der Waals surface area contributed by atoms with E-state index in [4.69, 9.17) is 5.11 Å². The highest BCUT2D eigenvalue weighted by atomic mass is 16.4. The molecular formula is C10H18N2O2. The van der Waals surface area contributed by atoms with Crippen LogP contribution in [0.1, 0.15) is 32.1 Å². The number of hydrogen-bond acceptors (Lipinski definition) is 3. The number of aliphatic imine (C=N–C) groups is 1. The molecular weight excluding hydrogens is 180 g/mol. The highest BCUT2D eigenvalue weighted by Crippen LogP contribution is 2.23. The van der Waals surface area contributed by atoms with E-state index < -0.39 is 5.97 Å². The molecule has 2 rings (SSSR count). The fourth-order valence-corrected chi connectivity index (χ4v) is 1.67. The molecule has 1 heterocycles. The molecule has 1 saturated carbocycles. The van der Waals surface area contributed by atoms with Gasteiger partial charge in [-0.25, -0.2) is 0 Å². The first-order valence-corrected chi connectivity index (χ1v) is 5.25. The first-order chi connectivity index (χ1) is 6.80. The Bertz CT molecular complexity index is 192. The Labute approximate surface area is 84.4 Å². The minimum Gasteiger partial charge on any atom is -0.481 e. The molecule has 4 nitrogen and oxygen atoms in total. The zero-order valence-electron chi connectivity index (χ0n) is 8.41. The van der Waals surface area contributed by atoms with E-state index in [0.29, 0.717) is 0 Å². The van der Waals surface area contributed by atoms with Crippen LogP contribution in [0.15, 0.2) is 4.99 Å². The van der Waals surface area contributed by atoms with Gasteiger partial charge in [0.05, 0.1) is 18.8 Å². The maximum absolute atomic E-state index is 10.4. The molecule has 1 aliphatic heterocycles. The van der Waals surface area contributed by atoms with Crippen molar-refractivity contribution < 1.29 is 9.90 Å². The van der Waals surface area contributed by atoms with Crippen LogP contribution in [0.4, 0.5) is 0 Å². The lowest BCUT2D eigenvalue weighted by Gasteiger charge is -2.16. The molecule has 0 saturated heterocycles. The first kappa shape index (κ1) is 11.0. The van der Waals surface area contributed by atoms with Gasteiger partial charge < -0.3 is 10.4 Å². The number of aliphatic carboxylic acids is 1. The topological polar surface area (TPSA) is 61.7 Å². The molecule has 0 radical (unpaired) electrons. The summed E-state index contributed by atoms with van der Waals surface area (Å²) in [6.45, 7) is 1.99. The van der Waals surface area contributed by atoms with Gasteiger partial charge in [0, 0.05) is 6.54 Å². The molecule has 0 unspecified atom stereocenters. The zero-order valence-corrected chi connectivity index (χ0v) is 8.41. The van der Waals surface area contributed by atoms with Crippen LogP contribution >= 0.6 is 0 Å². The van der Waals surface area contributed by atoms with Gasteiger partial charge in [-0.3, -0.25) is 9.79 Å². The average Bonchev–Trinajstić information content (AvgIpc) is 2.77. The third-order valence-corrected chi connectivity index (χ3v) is 2.52. The van der Waals surface area contributed by atoms with Crippen LogP contribution in [0.3, 0.4) is 0 Å². The van der Waals surface area contributed by atoms with Crippen LogP contribution in [-0.4, -0.2) is 30.5 Å². The van der Waals surface area contributed by atoms with Crippen molar-refractivity contribution in [2.45, 2.75) is 32.1 Å². The maximum atomic E-state index is 10.4. The van der Waals surface area contributed by atoms with Crippen molar-refractivity contribution in [3.05, 3.63) is 0 Å². The van der Waals surface area contributed by atoms with Crippen LogP contribution in [-0.2, 0) is 4.79 Å². The number of hydrogen-bond donors (Lipinski definition) is 2.